The van der Waals surface area contributed by atoms with E-state index in [1.165, 1.54) is 12.1 Å². The highest BCUT2D eigenvalue weighted by molar-refractivity contribution is 5.33. The van der Waals surface area contributed by atoms with E-state index >= 15 is 0 Å². The van der Waals surface area contributed by atoms with Gasteiger partial charge in [0.05, 0.1) is 5.69 Å². The van der Waals surface area contributed by atoms with Crippen LogP contribution in [-0.4, -0.2) is 9.78 Å². The first-order valence-corrected chi connectivity index (χ1v) is 3.95. The second-order valence-corrected chi connectivity index (χ2v) is 2.82. The van der Waals surface area contributed by atoms with Crippen LogP contribution >= 0.6 is 0 Å². The molecular formula is C10H8FN2. The SMILES string of the molecule is Cc1[c]c(-n2cccn2)cc(F)c1. The first-order valence-electron chi connectivity index (χ1n) is 3.95. The Labute approximate surface area is 75.6 Å². The van der Waals surface area contributed by atoms with Crippen LogP contribution in [0.5, 0.6) is 0 Å². The molecule has 13 heavy (non-hydrogen) atoms. The molecule has 0 fully saturated rings. The molecule has 0 spiro atoms. The van der Waals surface area contributed by atoms with E-state index in [4.69, 9.17) is 0 Å². The Bertz CT molecular complexity index is 387. The number of aromatic nitrogens is 2. The van der Waals surface area contributed by atoms with Crippen LogP contribution in [0.1, 0.15) is 5.56 Å². The molecule has 0 atom stereocenters. The molecule has 2 aromatic rings. The van der Waals surface area contributed by atoms with Gasteiger partial charge in [-0.1, -0.05) is 0 Å². The maximum Gasteiger partial charge on any atom is 0.125 e. The van der Waals surface area contributed by atoms with E-state index in [2.05, 4.69) is 11.2 Å². The smallest absolute Gasteiger partial charge is 0.125 e. The molecule has 0 bridgehead atoms. The maximum absolute atomic E-state index is 13.0. The number of hydrogen-bond donors (Lipinski definition) is 0. The average Bonchev–Trinajstić information content (AvgIpc) is 2.53. The normalized spacial score (nSPS) is 10.3. The number of benzene rings is 1. The minimum absolute atomic E-state index is 0.262. The summed E-state index contributed by atoms with van der Waals surface area (Å²) < 4.78 is 14.5. The molecule has 1 aromatic heterocycles. The minimum Gasteiger partial charge on any atom is -0.240 e. The molecular weight excluding hydrogens is 167 g/mol. The molecule has 0 amide bonds. The van der Waals surface area contributed by atoms with Gasteiger partial charge < -0.3 is 0 Å². The minimum atomic E-state index is -0.262. The summed E-state index contributed by atoms with van der Waals surface area (Å²) in [5, 5.41) is 3.99. The standard InChI is InChI=1S/C10H8FN2/c1-8-5-9(11)7-10(6-8)13-4-2-3-12-13/h2-5,7H,1H3. The Morgan fingerprint density at radius 2 is 2.31 bits per heavy atom. The topological polar surface area (TPSA) is 17.8 Å². The van der Waals surface area contributed by atoms with Gasteiger partial charge in [-0.15, -0.1) is 0 Å². The fourth-order valence-corrected chi connectivity index (χ4v) is 1.19. The van der Waals surface area contributed by atoms with Gasteiger partial charge in [0.25, 0.3) is 0 Å². The van der Waals surface area contributed by atoms with Crippen molar-refractivity contribution < 1.29 is 4.39 Å². The fourth-order valence-electron chi connectivity index (χ4n) is 1.19. The van der Waals surface area contributed by atoms with Gasteiger partial charge in [0.15, 0.2) is 0 Å². The highest BCUT2D eigenvalue weighted by Gasteiger charge is 2.00. The zero-order valence-corrected chi connectivity index (χ0v) is 7.16. The summed E-state index contributed by atoms with van der Waals surface area (Å²) in [7, 11) is 0. The monoisotopic (exact) mass is 175 g/mol. The molecule has 0 saturated carbocycles. The number of nitrogens with zero attached hydrogens (tertiary/aromatic N) is 2. The van der Waals surface area contributed by atoms with Gasteiger partial charge >= 0.3 is 0 Å². The Kier molecular flexibility index (Phi) is 1.85. The average molecular weight is 175 g/mol. The van der Waals surface area contributed by atoms with Crippen LogP contribution in [0.25, 0.3) is 5.69 Å². The second kappa shape index (κ2) is 3.01. The Balaban J connectivity index is 2.53. The van der Waals surface area contributed by atoms with Crippen molar-refractivity contribution in [2.24, 2.45) is 0 Å². The van der Waals surface area contributed by atoms with Gasteiger partial charge in [-0.2, -0.15) is 5.10 Å². The quantitative estimate of drug-likeness (QED) is 0.649. The van der Waals surface area contributed by atoms with Gasteiger partial charge in [0, 0.05) is 24.5 Å². The van der Waals surface area contributed by atoms with Gasteiger partial charge in [0.2, 0.25) is 0 Å². The van der Waals surface area contributed by atoms with Crippen molar-refractivity contribution >= 4 is 0 Å². The van der Waals surface area contributed by atoms with Crippen LogP contribution in [-0.2, 0) is 0 Å². The van der Waals surface area contributed by atoms with Gasteiger partial charge in [-0.3, -0.25) is 0 Å². The zero-order valence-electron chi connectivity index (χ0n) is 7.16. The fraction of sp³-hybridized carbons (Fsp3) is 0.100. The number of rotatable bonds is 1. The maximum atomic E-state index is 13.0. The lowest BCUT2D eigenvalue weighted by atomic mass is 10.2. The third-order valence-electron chi connectivity index (χ3n) is 1.71. The van der Waals surface area contributed by atoms with E-state index < -0.39 is 0 Å². The molecule has 0 N–H and O–H groups in total. The molecule has 1 aromatic carbocycles. The van der Waals surface area contributed by atoms with Crippen molar-refractivity contribution in [1.29, 1.82) is 0 Å². The number of aryl methyl sites for hydroxylation is 1. The first-order chi connectivity index (χ1) is 6.25. The first kappa shape index (κ1) is 7.98. The second-order valence-electron chi connectivity index (χ2n) is 2.82. The summed E-state index contributed by atoms with van der Waals surface area (Å²) in [4.78, 5) is 0. The van der Waals surface area contributed by atoms with E-state index in [0.717, 1.165) is 5.56 Å². The predicted molar refractivity (Wildman–Crippen MR) is 47.1 cm³/mol. The van der Waals surface area contributed by atoms with E-state index in [1.807, 2.05) is 0 Å². The summed E-state index contributed by atoms with van der Waals surface area (Å²) in [5.74, 6) is -0.262. The van der Waals surface area contributed by atoms with Crippen LogP contribution in [0.3, 0.4) is 0 Å². The molecule has 0 unspecified atom stereocenters. The zero-order chi connectivity index (χ0) is 9.26. The molecule has 0 aliphatic heterocycles. The summed E-state index contributed by atoms with van der Waals surface area (Å²) in [6.07, 6.45) is 3.40. The highest BCUT2D eigenvalue weighted by Crippen LogP contribution is 2.10. The highest BCUT2D eigenvalue weighted by atomic mass is 19.1. The van der Waals surface area contributed by atoms with Crippen molar-refractivity contribution in [3.63, 3.8) is 0 Å². The molecule has 65 valence electrons. The van der Waals surface area contributed by atoms with Crippen molar-refractivity contribution in [2.45, 2.75) is 6.92 Å². The summed E-state index contributed by atoms with van der Waals surface area (Å²) in [6.45, 7) is 1.80. The van der Waals surface area contributed by atoms with Crippen LogP contribution in [0, 0.1) is 18.8 Å². The molecule has 2 nitrogen and oxygen atoms in total. The molecule has 0 aliphatic rings. The molecule has 1 heterocycles. The van der Waals surface area contributed by atoms with E-state index in [1.54, 1.807) is 30.1 Å². The largest absolute Gasteiger partial charge is 0.240 e. The van der Waals surface area contributed by atoms with Crippen LogP contribution in [0.2, 0.25) is 0 Å². The molecule has 1 radical (unpaired) electrons. The Hall–Kier alpha value is -1.64. The molecule has 0 aliphatic carbocycles. The summed E-state index contributed by atoms with van der Waals surface area (Å²) in [6, 6.07) is 7.64. The lowest BCUT2D eigenvalue weighted by Gasteiger charge is -2.01. The Morgan fingerprint density at radius 1 is 1.46 bits per heavy atom. The third-order valence-corrected chi connectivity index (χ3v) is 1.71. The lowest BCUT2D eigenvalue weighted by Crippen LogP contribution is -1.95. The van der Waals surface area contributed by atoms with E-state index in [9.17, 15) is 4.39 Å². The van der Waals surface area contributed by atoms with Crippen LogP contribution in [0.4, 0.5) is 4.39 Å². The van der Waals surface area contributed by atoms with E-state index in [0.29, 0.717) is 5.69 Å². The van der Waals surface area contributed by atoms with Gasteiger partial charge in [-0.05, 0) is 24.6 Å². The lowest BCUT2D eigenvalue weighted by molar-refractivity contribution is 0.624. The molecule has 3 heteroatoms. The van der Waals surface area contributed by atoms with Crippen LogP contribution < -0.4 is 0 Å². The number of halogens is 1. The van der Waals surface area contributed by atoms with Crippen molar-refractivity contribution in [3.05, 3.63) is 48.0 Å². The third kappa shape index (κ3) is 1.59. The van der Waals surface area contributed by atoms with Crippen molar-refractivity contribution in [1.82, 2.24) is 9.78 Å². The van der Waals surface area contributed by atoms with Gasteiger partial charge in [-0.25, -0.2) is 9.07 Å². The number of hydrogen-bond acceptors (Lipinski definition) is 1. The predicted octanol–water partition coefficient (Wildman–Crippen LogP) is 2.12. The molecule has 0 saturated heterocycles. The molecule has 2 rings (SSSR count). The summed E-state index contributed by atoms with van der Waals surface area (Å²) in [5.41, 5.74) is 1.40. The Morgan fingerprint density at radius 3 is 2.92 bits per heavy atom. The summed E-state index contributed by atoms with van der Waals surface area (Å²) >= 11 is 0. The van der Waals surface area contributed by atoms with Gasteiger partial charge in [0.1, 0.15) is 5.82 Å². The van der Waals surface area contributed by atoms with Crippen LogP contribution in [0.15, 0.2) is 30.6 Å². The van der Waals surface area contributed by atoms with Crippen molar-refractivity contribution in [2.75, 3.05) is 0 Å². The van der Waals surface area contributed by atoms with E-state index in [-0.39, 0.29) is 5.82 Å². The van der Waals surface area contributed by atoms with Crippen molar-refractivity contribution in [3.8, 4) is 5.69 Å².